The quantitative estimate of drug-likeness (QED) is 0.650. The molecule has 0 radical (unpaired) electrons. The van der Waals surface area contributed by atoms with Crippen molar-refractivity contribution in [3.8, 4) is 17.0 Å². The Morgan fingerprint density at radius 3 is 2.83 bits per heavy atom. The van der Waals surface area contributed by atoms with Gasteiger partial charge in [0.1, 0.15) is 5.75 Å². The molecular formula is C21H19ClN4O3. The normalized spacial score (nSPS) is 15.5. The smallest absolute Gasteiger partial charge is 0.264 e. The molecule has 0 saturated carbocycles. The van der Waals surface area contributed by atoms with Gasteiger partial charge in [-0.1, -0.05) is 35.0 Å². The van der Waals surface area contributed by atoms with E-state index >= 15 is 0 Å². The lowest BCUT2D eigenvalue weighted by atomic mass is 10.0. The van der Waals surface area contributed by atoms with Gasteiger partial charge >= 0.3 is 0 Å². The van der Waals surface area contributed by atoms with Gasteiger partial charge in [-0.2, -0.15) is 5.10 Å². The van der Waals surface area contributed by atoms with Crippen molar-refractivity contribution in [1.82, 2.24) is 15.5 Å². The minimum atomic E-state index is -0.683. The topological polar surface area (TPSA) is 88.6 Å². The highest BCUT2D eigenvalue weighted by Gasteiger charge is 2.29. The van der Waals surface area contributed by atoms with E-state index < -0.39 is 6.10 Å². The molecule has 8 heteroatoms. The molecule has 3 aromatic rings. The number of carbonyl (C=O) groups excluding carboxylic acids is 1. The molecule has 1 amide bonds. The minimum absolute atomic E-state index is 0.238. The van der Waals surface area contributed by atoms with Crippen molar-refractivity contribution in [2.75, 3.05) is 7.11 Å². The van der Waals surface area contributed by atoms with Crippen LogP contribution in [0.25, 0.3) is 11.3 Å². The second-order valence-corrected chi connectivity index (χ2v) is 6.94. The molecule has 2 aromatic carbocycles. The third-order valence-corrected chi connectivity index (χ3v) is 5.03. The monoisotopic (exact) mass is 410 g/mol. The number of hydrogen-bond acceptors (Lipinski definition) is 5. The Kier molecular flexibility index (Phi) is 5.48. The summed E-state index contributed by atoms with van der Waals surface area (Å²) in [6.45, 7) is 0.317. The Bertz CT molecular complexity index is 1050. The third kappa shape index (κ3) is 4.09. The molecule has 1 aliphatic rings. The summed E-state index contributed by atoms with van der Waals surface area (Å²) in [5, 5.41) is 14.6. The van der Waals surface area contributed by atoms with Crippen molar-refractivity contribution in [1.29, 1.82) is 0 Å². The molecule has 1 aliphatic heterocycles. The fraction of sp³-hybridized carbons (Fsp3) is 0.190. The summed E-state index contributed by atoms with van der Waals surface area (Å²) >= 11 is 6.20. The molecule has 0 unspecified atom stereocenters. The van der Waals surface area contributed by atoms with Crippen LogP contribution in [0, 0.1) is 0 Å². The van der Waals surface area contributed by atoms with Crippen molar-refractivity contribution in [3.05, 3.63) is 70.9 Å². The Hall–Kier alpha value is -3.32. The summed E-state index contributed by atoms with van der Waals surface area (Å²) in [6.07, 6.45) is 1.38. The van der Waals surface area contributed by atoms with Gasteiger partial charge in [-0.05, 0) is 30.3 Å². The number of halogens is 1. The van der Waals surface area contributed by atoms with E-state index in [2.05, 4.69) is 20.7 Å². The van der Waals surface area contributed by atoms with Crippen LogP contribution in [0.15, 0.2) is 59.9 Å². The largest absolute Gasteiger partial charge is 0.497 e. The minimum Gasteiger partial charge on any atom is -0.497 e. The van der Waals surface area contributed by atoms with E-state index in [0.717, 1.165) is 28.1 Å². The Morgan fingerprint density at radius 2 is 2.07 bits per heavy atom. The van der Waals surface area contributed by atoms with Crippen LogP contribution in [0.4, 0.5) is 0 Å². The predicted molar refractivity (Wildman–Crippen MR) is 110 cm³/mol. The number of rotatable bonds is 6. The molecule has 0 saturated heterocycles. The van der Waals surface area contributed by atoms with Crippen LogP contribution in [0.1, 0.15) is 17.5 Å². The molecule has 1 aromatic heterocycles. The summed E-state index contributed by atoms with van der Waals surface area (Å²) < 4.78 is 5.18. The lowest BCUT2D eigenvalue weighted by Gasteiger charge is -2.10. The van der Waals surface area contributed by atoms with Gasteiger partial charge in [0.25, 0.3) is 5.91 Å². The van der Waals surface area contributed by atoms with Crippen molar-refractivity contribution in [2.24, 2.45) is 5.16 Å². The Morgan fingerprint density at radius 1 is 1.28 bits per heavy atom. The highest BCUT2D eigenvalue weighted by molar-refractivity contribution is 6.34. The molecule has 2 heterocycles. The van der Waals surface area contributed by atoms with E-state index in [1.807, 2.05) is 42.5 Å². The second kappa shape index (κ2) is 8.36. The lowest BCUT2D eigenvalue weighted by Crippen LogP contribution is -2.34. The van der Waals surface area contributed by atoms with Crippen LogP contribution >= 0.6 is 11.6 Å². The van der Waals surface area contributed by atoms with E-state index in [4.69, 9.17) is 21.2 Å². The van der Waals surface area contributed by atoms with Crippen molar-refractivity contribution < 1.29 is 14.4 Å². The molecule has 7 nitrogen and oxygen atoms in total. The zero-order valence-electron chi connectivity index (χ0n) is 15.7. The van der Waals surface area contributed by atoms with E-state index in [-0.39, 0.29) is 5.91 Å². The number of ether oxygens (including phenoxy) is 1. The van der Waals surface area contributed by atoms with Gasteiger partial charge in [-0.25, -0.2) is 0 Å². The maximum atomic E-state index is 12.5. The number of nitrogens with one attached hydrogen (secondary N) is 2. The molecular weight excluding hydrogens is 392 g/mol. The number of nitrogens with zero attached hydrogens (tertiary/aromatic N) is 2. The zero-order valence-corrected chi connectivity index (χ0v) is 16.4. The SMILES string of the molecule is COc1ccc(-c2[nH]ncc2CNC(=O)[C@@H]2CC(c3ccccc3Cl)=NO2)cc1. The number of amides is 1. The van der Waals surface area contributed by atoms with Crippen molar-refractivity contribution in [2.45, 2.75) is 19.1 Å². The number of hydrogen-bond donors (Lipinski definition) is 2. The standard InChI is InChI=1S/C21H19ClN4O3/c1-28-15-8-6-13(7-9-15)20-14(12-24-25-20)11-23-21(27)19-10-18(26-29-19)16-4-2-3-5-17(16)22/h2-9,12,19H,10-11H2,1H3,(H,23,27)(H,24,25)/t19-/m0/s1. The first-order chi connectivity index (χ1) is 14.2. The van der Waals surface area contributed by atoms with Gasteiger partial charge in [0.2, 0.25) is 6.10 Å². The summed E-state index contributed by atoms with van der Waals surface area (Å²) in [6, 6.07) is 15.0. The number of aromatic nitrogens is 2. The number of oxime groups is 1. The van der Waals surface area contributed by atoms with E-state index in [9.17, 15) is 4.79 Å². The van der Waals surface area contributed by atoms with Gasteiger partial charge in [-0.15, -0.1) is 0 Å². The maximum Gasteiger partial charge on any atom is 0.264 e. The summed E-state index contributed by atoms with van der Waals surface area (Å²) in [5.74, 6) is 0.536. The number of methoxy groups -OCH3 is 1. The summed E-state index contributed by atoms with van der Waals surface area (Å²) in [7, 11) is 1.62. The second-order valence-electron chi connectivity index (χ2n) is 6.53. The fourth-order valence-corrected chi connectivity index (χ4v) is 3.37. The van der Waals surface area contributed by atoms with E-state index in [1.54, 1.807) is 19.4 Å². The van der Waals surface area contributed by atoms with Gasteiger partial charge in [0.15, 0.2) is 0 Å². The molecule has 0 bridgehead atoms. The highest BCUT2D eigenvalue weighted by Crippen LogP contribution is 2.25. The van der Waals surface area contributed by atoms with Crippen LogP contribution < -0.4 is 10.1 Å². The lowest BCUT2D eigenvalue weighted by molar-refractivity contribution is -0.131. The van der Waals surface area contributed by atoms with Crippen molar-refractivity contribution in [3.63, 3.8) is 0 Å². The first kappa shape index (κ1) is 19.0. The molecule has 0 spiro atoms. The molecule has 1 atom stereocenters. The first-order valence-corrected chi connectivity index (χ1v) is 9.45. The molecule has 2 N–H and O–H groups in total. The molecule has 0 aliphatic carbocycles. The third-order valence-electron chi connectivity index (χ3n) is 4.70. The van der Waals surface area contributed by atoms with E-state index in [1.165, 1.54) is 0 Å². The summed E-state index contributed by atoms with van der Waals surface area (Å²) in [5.41, 5.74) is 4.11. The first-order valence-electron chi connectivity index (χ1n) is 9.07. The van der Waals surface area contributed by atoms with Gasteiger partial charge in [0, 0.05) is 34.7 Å². The molecule has 0 fully saturated rings. The number of aromatic amines is 1. The Labute approximate surface area is 172 Å². The van der Waals surface area contributed by atoms with Gasteiger partial charge in [0.05, 0.1) is 24.7 Å². The van der Waals surface area contributed by atoms with Crippen LogP contribution in [0.5, 0.6) is 5.75 Å². The molecule has 148 valence electrons. The van der Waals surface area contributed by atoms with Gasteiger partial charge in [-0.3, -0.25) is 9.89 Å². The molecule has 4 rings (SSSR count). The van der Waals surface area contributed by atoms with Crippen molar-refractivity contribution >= 4 is 23.2 Å². The Balaban J connectivity index is 1.38. The predicted octanol–water partition coefficient (Wildman–Crippen LogP) is 3.55. The number of benzene rings is 2. The zero-order chi connectivity index (χ0) is 20.2. The van der Waals surface area contributed by atoms with Crippen LogP contribution in [-0.4, -0.2) is 35.0 Å². The number of carbonyl (C=O) groups is 1. The van der Waals surface area contributed by atoms with Gasteiger partial charge < -0.3 is 14.9 Å². The van der Waals surface area contributed by atoms with Crippen LogP contribution in [0.2, 0.25) is 5.02 Å². The maximum absolute atomic E-state index is 12.5. The fourth-order valence-electron chi connectivity index (χ4n) is 3.12. The average molecular weight is 411 g/mol. The summed E-state index contributed by atoms with van der Waals surface area (Å²) in [4.78, 5) is 17.9. The van der Waals surface area contributed by atoms with E-state index in [0.29, 0.717) is 23.7 Å². The number of H-pyrrole nitrogens is 1. The van der Waals surface area contributed by atoms with Crippen LogP contribution in [-0.2, 0) is 16.2 Å². The van der Waals surface area contributed by atoms with Crippen LogP contribution in [0.3, 0.4) is 0 Å². The molecule has 29 heavy (non-hydrogen) atoms. The average Bonchev–Trinajstić information content (AvgIpc) is 3.42. The highest BCUT2D eigenvalue weighted by atomic mass is 35.5.